The first kappa shape index (κ1) is 20.9. The molecule has 0 aromatic carbocycles. The second-order valence-corrected chi connectivity index (χ2v) is 7.99. The van der Waals surface area contributed by atoms with E-state index in [9.17, 15) is 9.59 Å². The molecule has 5 nitrogen and oxygen atoms in total. The van der Waals surface area contributed by atoms with Gasteiger partial charge in [0.05, 0.1) is 5.54 Å². The van der Waals surface area contributed by atoms with Crippen LogP contribution in [0.25, 0.3) is 0 Å². The average molecular weight is 340 g/mol. The fourth-order valence-electron chi connectivity index (χ4n) is 3.21. The van der Waals surface area contributed by atoms with Crippen LogP contribution in [0.2, 0.25) is 0 Å². The molecule has 0 aromatic heterocycles. The number of likely N-dealkylation sites (N-methyl/N-ethyl adjacent to an activating group) is 1. The fourth-order valence-corrected chi connectivity index (χ4v) is 3.21. The van der Waals surface area contributed by atoms with E-state index in [1.807, 2.05) is 27.8 Å². The Morgan fingerprint density at radius 2 is 1.83 bits per heavy atom. The van der Waals surface area contributed by atoms with E-state index in [4.69, 9.17) is 0 Å². The fraction of sp³-hybridized carbons (Fsp3) is 0.895. The molecule has 0 aromatic rings. The Morgan fingerprint density at radius 3 is 2.29 bits per heavy atom. The minimum Gasteiger partial charge on any atom is -0.342 e. The molecule has 0 spiro atoms. The summed E-state index contributed by atoms with van der Waals surface area (Å²) in [5, 5.41) is 6.35. The van der Waals surface area contributed by atoms with Crippen LogP contribution >= 0.6 is 0 Å². The van der Waals surface area contributed by atoms with E-state index in [-0.39, 0.29) is 23.8 Å². The highest BCUT2D eigenvalue weighted by atomic mass is 16.2. The predicted octanol–water partition coefficient (Wildman–Crippen LogP) is 2.55. The van der Waals surface area contributed by atoms with Crippen LogP contribution in [0.5, 0.6) is 0 Å². The average Bonchev–Trinajstić information content (AvgIpc) is 2.56. The van der Waals surface area contributed by atoms with Crippen LogP contribution in [0.3, 0.4) is 0 Å². The highest BCUT2D eigenvalue weighted by Gasteiger charge is 2.38. The molecule has 0 radical (unpaired) electrons. The molecular weight excluding hydrogens is 302 g/mol. The number of nitrogens with one attached hydrogen (secondary N) is 2. The van der Waals surface area contributed by atoms with Crippen molar-refractivity contribution in [2.45, 2.75) is 84.8 Å². The Kier molecular flexibility index (Phi) is 7.71. The molecule has 1 rings (SSSR count). The number of nitrogens with zero attached hydrogens (tertiary/aromatic N) is 1. The smallest absolute Gasteiger partial charge is 0.245 e. The zero-order chi connectivity index (χ0) is 18.5. The van der Waals surface area contributed by atoms with E-state index in [0.717, 1.165) is 32.2 Å². The van der Waals surface area contributed by atoms with E-state index >= 15 is 0 Å². The van der Waals surface area contributed by atoms with Crippen molar-refractivity contribution in [1.29, 1.82) is 0 Å². The highest BCUT2D eigenvalue weighted by molar-refractivity contribution is 5.92. The second kappa shape index (κ2) is 8.84. The molecule has 0 bridgehead atoms. The van der Waals surface area contributed by atoms with Crippen molar-refractivity contribution < 1.29 is 9.59 Å². The first-order chi connectivity index (χ1) is 11.1. The summed E-state index contributed by atoms with van der Waals surface area (Å²) in [7, 11) is 1.85. The Bertz CT molecular complexity index is 430. The molecule has 0 aliphatic carbocycles. The predicted molar refractivity (Wildman–Crippen MR) is 98.7 cm³/mol. The first-order valence-electron chi connectivity index (χ1n) is 9.46. The largest absolute Gasteiger partial charge is 0.342 e. The molecule has 2 amide bonds. The minimum atomic E-state index is -0.563. The molecule has 4 atom stereocenters. The number of carbonyl (C=O) groups is 2. The SMILES string of the molecule is CCC(C)[C@@H](C)N(C)C(=O)C(NC(=O)C1(C)CCCCN1)C(C)C. The summed E-state index contributed by atoms with van der Waals surface area (Å²) in [4.78, 5) is 27.5. The summed E-state index contributed by atoms with van der Waals surface area (Å²) in [6, 6.07) is -0.321. The van der Waals surface area contributed by atoms with Gasteiger partial charge < -0.3 is 15.5 Å². The zero-order valence-corrected chi connectivity index (χ0v) is 16.6. The van der Waals surface area contributed by atoms with Gasteiger partial charge in [0, 0.05) is 13.1 Å². The maximum absolute atomic E-state index is 13.0. The number of hydrogen-bond donors (Lipinski definition) is 2. The second-order valence-electron chi connectivity index (χ2n) is 7.99. The van der Waals surface area contributed by atoms with Gasteiger partial charge in [0.1, 0.15) is 6.04 Å². The lowest BCUT2D eigenvalue weighted by atomic mass is 9.89. The van der Waals surface area contributed by atoms with Crippen molar-refractivity contribution in [2.24, 2.45) is 11.8 Å². The van der Waals surface area contributed by atoms with Crippen molar-refractivity contribution in [1.82, 2.24) is 15.5 Å². The van der Waals surface area contributed by atoms with Crippen molar-refractivity contribution in [2.75, 3.05) is 13.6 Å². The number of piperidine rings is 1. The summed E-state index contributed by atoms with van der Waals surface area (Å²) in [6.45, 7) is 13.1. The van der Waals surface area contributed by atoms with Gasteiger partial charge in [0.25, 0.3) is 0 Å². The number of rotatable bonds is 7. The molecule has 1 aliphatic rings. The van der Waals surface area contributed by atoms with E-state index in [1.54, 1.807) is 4.90 Å². The molecule has 2 N–H and O–H groups in total. The summed E-state index contributed by atoms with van der Waals surface area (Å²) in [5.74, 6) is 0.435. The van der Waals surface area contributed by atoms with Gasteiger partial charge in [-0.05, 0) is 51.5 Å². The van der Waals surface area contributed by atoms with Crippen LogP contribution in [-0.2, 0) is 9.59 Å². The van der Waals surface area contributed by atoms with Crippen LogP contribution in [0.1, 0.15) is 67.2 Å². The molecule has 1 saturated heterocycles. The molecule has 5 heteroatoms. The molecule has 24 heavy (non-hydrogen) atoms. The Hall–Kier alpha value is -1.10. The van der Waals surface area contributed by atoms with Crippen molar-refractivity contribution >= 4 is 11.8 Å². The number of hydrogen-bond acceptors (Lipinski definition) is 3. The third-order valence-electron chi connectivity index (χ3n) is 5.77. The number of carbonyl (C=O) groups excluding carboxylic acids is 2. The van der Waals surface area contributed by atoms with Gasteiger partial charge in [-0.1, -0.05) is 34.1 Å². The zero-order valence-electron chi connectivity index (χ0n) is 16.6. The normalized spacial score (nSPS) is 25.0. The van der Waals surface area contributed by atoms with Gasteiger partial charge in [0.15, 0.2) is 0 Å². The summed E-state index contributed by atoms with van der Waals surface area (Å²) in [5.41, 5.74) is -0.563. The minimum absolute atomic E-state index is 0.00515. The topological polar surface area (TPSA) is 61.4 Å². The van der Waals surface area contributed by atoms with Crippen LogP contribution in [0.15, 0.2) is 0 Å². The Balaban J connectivity index is 2.82. The molecule has 1 fully saturated rings. The lowest BCUT2D eigenvalue weighted by Gasteiger charge is -2.37. The van der Waals surface area contributed by atoms with Crippen LogP contribution in [0.4, 0.5) is 0 Å². The number of amides is 2. The van der Waals surface area contributed by atoms with Crippen LogP contribution in [-0.4, -0.2) is 47.9 Å². The summed E-state index contributed by atoms with van der Waals surface area (Å²) in [6.07, 6.45) is 3.99. The third-order valence-corrected chi connectivity index (χ3v) is 5.77. The lowest BCUT2D eigenvalue weighted by Crippen LogP contribution is -2.62. The van der Waals surface area contributed by atoms with Gasteiger partial charge in [-0.2, -0.15) is 0 Å². The Labute approximate surface area is 147 Å². The lowest BCUT2D eigenvalue weighted by molar-refractivity contribution is -0.140. The van der Waals surface area contributed by atoms with Gasteiger partial charge in [-0.3, -0.25) is 9.59 Å². The van der Waals surface area contributed by atoms with Crippen LogP contribution < -0.4 is 10.6 Å². The van der Waals surface area contributed by atoms with E-state index in [2.05, 4.69) is 31.4 Å². The summed E-state index contributed by atoms with van der Waals surface area (Å²) >= 11 is 0. The van der Waals surface area contributed by atoms with Crippen molar-refractivity contribution in [3.63, 3.8) is 0 Å². The molecule has 3 unspecified atom stereocenters. The molecular formula is C19H37N3O2. The summed E-state index contributed by atoms with van der Waals surface area (Å²) < 4.78 is 0. The maximum atomic E-state index is 13.0. The Morgan fingerprint density at radius 1 is 1.21 bits per heavy atom. The van der Waals surface area contributed by atoms with E-state index in [0.29, 0.717) is 5.92 Å². The highest BCUT2D eigenvalue weighted by Crippen LogP contribution is 2.20. The molecule has 0 saturated carbocycles. The van der Waals surface area contributed by atoms with Gasteiger partial charge in [0.2, 0.25) is 11.8 Å². The van der Waals surface area contributed by atoms with Gasteiger partial charge >= 0.3 is 0 Å². The monoisotopic (exact) mass is 339 g/mol. The van der Waals surface area contributed by atoms with Crippen LogP contribution in [0, 0.1) is 11.8 Å². The van der Waals surface area contributed by atoms with E-state index < -0.39 is 11.6 Å². The van der Waals surface area contributed by atoms with Gasteiger partial charge in [-0.15, -0.1) is 0 Å². The molecule has 1 aliphatic heterocycles. The van der Waals surface area contributed by atoms with Gasteiger partial charge in [-0.25, -0.2) is 0 Å². The standard InChI is InChI=1S/C19H37N3O2/c1-8-14(4)15(5)22(7)17(23)16(13(2)3)21-18(24)19(6)11-9-10-12-20-19/h13-16,20H,8-12H2,1-7H3,(H,21,24)/t14?,15-,16?,19?/m1/s1. The quantitative estimate of drug-likeness (QED) is 0.749. The maximum Gasteiger partial charge on any atom is 0.245 e. The van der Waals surface area contributed by atoms with Crippen molar-refractivity contribution in [3.8, 4) is 0 Å². The third kappa shape index (κ3) is 4.95. The van der Waals surface area contributed by atoms with Crippen molar-refractivity contribution in [3.05, 3.63) is 0 Å². The molecule has 1 heterocycles. The first-order valence-corrected chi connectivity index (χ1v) is 9.46. The molecule has 140 valence electrons. The van der Waals surface area contributed by atoms with E-state index in [1.165, 1.54) is 0 Å².